The van der Waals surface area contributed by atoms with Crippen LogP contribution in [0.5, 0.6) is 0 Å². The first kappa shape index (κ1) is 21.8. The van der Waals surface area contributed by atoms with Crippen molar-refractivity contribution < 1.29 is 19.4 Å². The number of ether oxygens (including phenoxy) is 1. The average Bonchev–Trinajstić information content (AvgIpc) is 2.75. The molecule has 0 radical (unpaired) electrons. The highest BCUT2D eigenvalue weighted by Gasteiger charge is 2.40. The molecule has 0 unspecified atom stereocenters. The average molecular weight is 427 g/mol. The molecule has 1 aliphatic heterocycles. The molecule has 30 heavy (non-hydrogen) atoms. The Morgan fingerprint density at radius 3 is 2.77 bits per heavy atom. The highest BCUT2D eigenvalue weighted by Crippen LogP contribution is 2.30. The molecule has 0 aliphatic carbocycles. The van der Waals surface area contributed by atoms with Crippen molar-refractivity contribution in [1.29, 1.82) is 0 Å². The Labute approximate surface area is 180 Å². The van der Waals surface area contributed by atoms with Gasteiger partial charge in [-0.1, -0.05) is 48.0 Å². The molecule has 0 spiro atoms. The number of benzene rings is 1. The maximum absolute atomic E-state index is 13.4. The van der Waals surface area contributed by atoms with E-state index in [-0.39, 0.29) is 30.6 Å². The molecule has 1 aliphatic rings. The summed E-state index contributed by atoms with van der Waals surface area (Å²) in [5, 5.41) is 11.2. The second-order valence-corrected chi connectivity index (χ2v) is 7.55. The lowest BCUT2D eigenvalue weighted by Gasteiger charge is -2.36. The molecule has 2 amide bonds. The van der Waals surface area contributed by atoms with Crippen molar-refractivity contribution in [3.63, 3.8) is 0 Å². The van der Waals surface area contributed by atoms with Crippen LogP contribution in [0, 0.1) is 18.3 Å². The van der Waals surface area contributed by atoms with E-state index < -0.39 is 24.0 Å². The van der Waals surface area contributed by atoms with Crippen LogP contribution < -0.4 is 0 Å². The van der Waals surface area contributed by atoms with Crippen LogP contribution in [0.15, 0.2) is 48.7 Å². The largest absolute Gasteiger partial charge is 0.449 e. The molecule has 3 rings (SSSR count). The quantitative estimate of drug-likeness (QED) is 0.538. The first-order chi connectivity index (χ1) is 14.5. The maximum Gasteiger partial charge on any atom is 0.416 e. The van der Waals surface area contributed by atoms with Crippen molar-refractivity contribution in [2.45, 2.75) is 37.8 Å². The van der Waals surface area contributed by atoms with Gasteiger partial charge in [-0.3, -0.25) is 4.79 Å². The molecule has 0 bridgehead atoms. The van der Waals surface area contributed by atoms with Gasteiger partial charge in [0.25, 0.3) is 0 Å². The third kappa shape index (κ3) is 5.18. The van der Waals surface area contributed by atoms with Crippen molar-refractivity contribution in [2.24, 2.45) is 5.92 Å². The van der Waals surface area contributed by atoms with Crippen LogP contribution in [0.1, 0.15) is 36.5 Å². The summed E-state index contributed by atoms with van der Waals surface area (Å²) in [6.07, 6.45) is 6.47. The van der Waals surface area contributed by atoms with Gasteiger partial charge in [0.1, 0.15) is 5.15 Å². The molecular formula is C23H23ClN2O4. The van der Waals surface area contributed by atoms with E-state index in [9.17, 15) is 14.7 Å². The smallest absolute Gasteiger partial charge is 0.416 e. The van der Waals surface area contributed by atoms with Crippen LogP contribution in [-0.2, 0) is 16.0 Å². The lowest BCUT2D eigenvalue weighted by Crippen LogP contribution is -2.52. The van der Waals surface area contributed by atoms with Gasteiger partial charge in [-0.15, -0.1) is 12.3 Å². The molecule has 0 saturated carbocycles. The third-order valence-corrected chi connectivity index (χ3v) is 5.40. The maximum atomic E-state index is 13.4. The number of imide groups is 1. The van der Waals surface area contributed by atoms with E-state index in [0.29, 0.717) is 18.4 Å². The second-order valence-electron chi connectivity index (χ2n) is 7.16. The monoisotopic (exact) mass is 426 g/mol. The van der Waals surface area contributed by atoms with E-state index >= 15 is 0 Å². The van der Waals surface area contributed by atoms with Gasteiger partial charge in [0.05, 0.1) is 24.7 Å². The summed E-state index contributed by atoms with van der Waals surface area (Å²) in [4.78, 5) is 31.1. The van der Waals surface area contributed by atoms with Gasteiger partial charge in [0, 0.05) is 19.0 Å². The number of rotatable bonds is 7. The van der Waals surface area contributed by atoms with Crippen LogP contribution in [0.25, 0.3) is 0 Å². The predicted molar refractivity (Wildman–Crippen MR) is 113 cm³/mol. The van der Waals surface area contributed by atoms with E-state index in [1.165, 1.54) is 12.3 Å². The zero-order chi connectivity index (χ0) is 21.5. The van der Waals surface area contributed by atoms with Crippen LogP contribution in [0.3, 0.4) is 0 Å². The molecule has 1 fully saturated rings. The van der Waals surface area contributed by atoms with E-state index in [4.69, 9.17) is 22.8 Å². The number of cyclic esters (lactones) is 1. The topological polar surface area (TPSA) is 79.7 Å². The van der Waals surface area contributed by atoms with Crippen LogP contribution in [0.4, 0.5) is 4.79 Å². The van der Waals surface area contributed by atoms with Crippen LogP contribution >= 0.6 is 11.6 Å². The Balaban J connectivity index is 1.86. The lowest BCUT2D eigenvalue weighted by atomic mass is 9.89. The standard InChI is InChI=1S/C23H23ClN2O4/c1-2-3-9-19(21(27)17-10-11-20(24)25-15-17)22(28)26-18(12-13-30-23(26)29)14-16-7-5-4-6-8-16/h1,4-8,10-11,15,18-19,21,27H,3,9,12-14H2/t18-,19-,21-/m1/s1. The molecular weight excluding hydrogens is 404 g/mol. The SMILES string of the molecule is C#CCC[C@@H](C(=O)N1C(=O)OCC[C@@H]1Cc1ccccc1)[C@H](O)c1ccc(Cl)nc1. The van der Waals surface area contributed by atoms with Crippen molar-refractivity contribution in [1.82, 2.24) is 9.88 Å². The minimum absolute atomic E-state index is 0.223. The number of pyridine rings is 1. The van der Waals surface area contributed by atoms with Gasteiger partial charge in [-0.05, 0) is 30.0 Å². The minimum atomic E-state index is -1.18. The van der Waals surface area contributed by atoms with Gasteiger partial charge in [0.2, 0.25) is 5.91 Å². The van der Waals surface area contributed by atoms with E-state index in [1.54, 1.807) is 6.07 Å². The summed E-state index contributed by atoms with van der Waals surface area (Å²) in [5.74, 6) is 1.09. The summed E-state index contributed by atoms with van der Waals surface area (Å²) in [6, 6.07) is 12.4. The number of carbonyl (C=O) groups is 2. The van der Waals surface area contributed by atoms with Gasteiger partial charge < -0.3 is 9.84 Å². The van der Waals surface area contributed by atoms with Crippen molar-refractivity contribution in [2.75, 3.05) is 6.61 Å². The molecule has 7 heteroatoms. The zero-order valence-electron chi connectivity index (χ0n) is 16.4. The second kappa shape index (κ2) is 10.2. The molecule has 6 nitrogen and oxygen atoms in total. The van der Waals surface area contributed by atoms with E-state index in [1.807, 2.05) is 30.3 Å². The Kier molecular flexibility index (Phi) is 7.45. The molecule has 2 aromatic rings. The number of amides is 2. The van der Waals surface area contributed by atoms with Gasteiger partial charge in [-0.2, -0.15) is 0 Å². The number of aliphatic hydroxyl groups excluding tert-OH is 1. The number of aliphatic hydroxyl groups is 1. The number of hydrogen-bond acceptors (Lipinski definition) is 5. The number of aromatic nitrogens is 1. The molecule has 1 aromatic carbocycles. The van der Waals surface area contributed by atoms with Crippen LogP contribution in [0.2, 0.25) is 5.15 Å². The Bertz CT molecular complexity index is 911. The number of hydrogen-bond donors (Lipinski definition) is 1. The summed E-state index contributed by atoms with van der Waals surface area (Å²) < 4.78 is 5.15. The fourth-order valence-corrected chi connectivity index (χ4v) is 3.72. The first-order valence-electron chi connectivity index (χ1n) is 9.78. The number of nitrogens with zero attached hydrogens (tertiary/aromatic N) is 2. The summed E-state index contributed by atoms with van der Waals surface area (Å²) in [6.45, 7) is 0.249. The Hall–Kier alpha value is -2.88. The molecule has 1 aromatic heterocycles. The summed E-state index contributed by atoms with van der Waals surface area (Å²) in [7, 11) is 0. The highest BCUT2D eigenvalue weighted by molar-refractivity contribution is 6.29. The lowest BCUT2D eigenvalue weighted by molar-refractivity contribution is -0.142. The van der Waals surface area contributed by atoms with Crippen LogP contribution in [-0.4, -0.2) is 39.6 Å². The number of carbonyl (C=O) groups excluding carboxylic acids is 2. The molecule has 2 heterocycles. The predicted octanol–water partition coefficient (Wildman–Crippen LogP) is 3.78. The minimum Gasteiger partial charge on any atom is -0.449 e. The van der Waals surface area contributed by atoms with Crippen molar-refractivity contribution in [3.05, 3.63) is 64.9 Å². The molecule has 3 atom stereocenters. The molecule has 156 valence electrons. The van der Waals surface area contributed by atoms with E-state index in [2.05, 4.69) is 10.9 Å². The highest BCUT2D eigenvalue weighted by atomic mass is 35.5. The van der Waals surface area contributed by atoms with Crippen molar-refractivity contribution in [3.8, 4) is 12.3 Å². The Morgan fingerprint density at radius 1 is 1.33 bits per heavy atom. The summed E-state index contributed by atoms with van der Waals surface area (Å²) in [5.41, 5.74) is 1.44. The zero-order valence-corrected chi connectivity index (χ0v) is 17.2. The normalized spacial score (nSPS) is 18.2. The van der Waals surface area contributed by atoms with E-state index in [0.717, 1.165) is 10.5 Å². The number of halogens is 1. The van der Waals surface area contributed by atoms with Gasteiger partial charge in [-0.25, -0.2) is 14.7 Å². The number of terminal acetylenes is 1. The fourth-order valence-electron chi connectivity index (χ4n) is 3.61. The summed E-state index contributed by atoms with van der Waals surface area (Å²) >= 11 is 5.82. The first-order valence-corrected chi connectivity index (χ1v) is 10.2. The molecule has 1 N–H and O–H groups in total. The Morgan fingerprint density at radius 2 is 2.10 bits per heavy atom. The molecule has 1 saturated heterocycles. The van der Waals surface area contributed by atoms with Crippen molar-refractivity contribution >= 4 is 23.6 Å². The van der Waals surface area contributed by atoms with Gasteiger partial charge in [0.15, 0.2) is 0 Å². The third-order valence-electron chi connectivity index (χ3n) is 5.18. The fraction of sp³-hybridized carbons (Fsp3) is 0.348. The van der Waals surface area contributed by atoms with Gasteiger partial charge >= 0.3 is 6.09 Å².